The number of benzene rings is 2. The fourth-order valence-corrected chi connectivity index (χ4v) is 4.56. The van der Waals surface area contributed by atoms with Gasteiger partial charge in [-0.3, -0.25) is 9.59 Å². The smallest absolute Gasteiger partial charge is 0.300 e. The Morgan fingerprint density at radius 1 is 1.19 bits per heavy atom. The summed E-state index contributed by atoms with van der Waals surface area (Å²) in [5, 5.41) is 0.0805. The molecule has 1 aromatic heterocycles. The Balaban J connectivity index is 1.63. The predicted octanol–water partition coefficient (Wildman–Crippen LogP) is 2.99. The number of sulfonamides is 1. The Kier molecular flexibility index (Phi) is 5.64. The first-order valence-corrected chi connectivity index (χ1v) is 11.6. The van der Waals surface area contributed by atoms with Crippen molar-refractivity contribution in [3.05, 3.63) is 59.6 Å². The van der Waals surface area contributed by atoms with Crippen molar-refractivity contribution in [2.75, 3.05) is 31.6 Å². The summed E-state index contributed by atoms with van der Waals surface area (Å²) in [5.41, 5.74) is 0.726. The Labute approximate surface area is 184 Å². The average Bonchev–Trinajstić information content (AvgIpc) is 3.16. The standard InChI is InChI=1S/C22H22FN3O5S/c1-3-25(2)22(28)15-7-4-5-8-20(15)32(29,30)24-21(27)19-13-16-17(23)11-14(12-18(16)31-19)26-9-6-10-26/h4-5,7-8,11-13H,3,6,9-10H2,1-2H3,(H,24,27). The molecule has 0 radical (unpaired) electrons. The Bertz CT molecular complexity index is 1310. The third-order valence-electron chi connectivity index (χ3n) is 5.47. The Morgan fingerprint density at radius 2 is 1.91 bits per heavy atom. The second-order valence-electron chi connectivity index (χ2n) is 7.54. The number of anilines is 1. The van der Waals surface area contributed by atoms with Gasteiger partial charge in [-0.25, -0.2) is 17.5 Å². The minimum Gasteiger partial charge on any atom is -0.451 e. The highest BCUT2D eigenvalue weighted by Gasteiger charge is 2.27. The van der Waals surface area contributed by atoms with Crippen molar-refractivity contribution in [2.45, 2.75) is 18.2 Å². The van der Waals surface area contributed by atoms with Crippen LogP contribution in [0.3, 0.4) is 0 Å². The van der Waals surface area contributed by atoms with Gasteiger partial charge in [0, 0.05) is 44.5 Å². The lowest BCUT2D eigenvalue weighted by atomic mass is 10.1. The van der Waals surface area contributed by atoms with Gasteiger partial charge in [0.25, 0.3) is 15.9 Å². The largest absolute Gasteiger partial charge is 0.451 e. The molecule has 1 saturated heterocycles. The molecule has 0 aliphatic carbocycles. The first kappa shape index (κ1) is 21.8. The van der Waals surface area contributed by atoms with Crippen LogP contribution in [0.2, 0.25) is 0 Å². The maximum atomic E-state index is 14.5. The maximum absolute atomic E-state index is 14.5. The van der Waals surface area contributed by atoms with Gasteiger partial charge in [0.1, 0.15) is 16.3 Å². The molecule has 0 unspecified atom stereocenters. The molecule has 1 aliphatic rings. The fraction of sp³-hybridized carbons (Fsp3) is 0.273. The van der Waals surface area contributed by atoms with E-state index in [1.165, 1.54) is 35.2 Å². The van der Waals surface area contributed by atoms with E-state index >= 15 is 0 Å². The summed E-state index contributed by atoms with van der Waals surface area (Å²) in [7, 11) is -2.85. The van der Waals surface area contributed by atoms with Crippen molar-refractivity contribution < 1.29 is 26.8 Å². The van der Waals surface area contributed by atoms with Crippen LogP contribution in [0.1, 0.15) is 34.3 Å². The van der Waals surface area contributed by atoms with Crippen LogP contribution in [0.25, 0.3) is 11.0 Å². The average molecular weight is 459 g/mol. The van der Waals surface area contributed by atoms with Crippen molar-refractivity contribution in [1.29, 1.82) is 0 Å². The molecule has 2 aromatic carbocycles. The van der Waals surface area contributed by atoms with Crippen LogP contribution in [-0.4, -0.2) is 51.8 Å². The fourth-order valence-electron chi connectivity index (χ4n) is 3.41. The van der Waals surface area contributed by atoms with Crippen molar-refractivity contribution in [1.82, 2.24) is 9.62 Å². The third-order valence-corrected chi connectivity index (χ3v) is 6.86. The molecular weight excluding hydrogens is 437 g/mol. The van der Waals surface area contributed by atoms with E-state index in [2.05, 4.69) is 0 Å². The molecule has 2 amide bonds. The highest BCUT2D eigenvalue weighted by Crippen LogP contribution is 2.30. The first-order chi connectivity index (χ1) is 15.2. The lowest BCUT2D eigenvalue weighted by molar-refractivity contribution is 0.0798. The third kappa shape index (κ3) is 3.93. The van der Waals surface area contributed by atoms with E-state index in [4.69, 9.17) is 4.42 Å². The van der Waals surface area contributed by atoms with Crippen LogP contribution in [-0.2, 0) is 10.0 Å². The SMILES string of the molecule is CCN(C)C(=O)c1ccccc1S(=O)(=O)NC(=O)c1cc2c(F)cc(N3CCC3)cc2o1. The lowest BCUT2D eigenvalue weighted by Crippen LogP contribution is -2.36. The number of amides is 2. The zero-order valence-electron chi connectivity index (χ0n) is 17.6. The van der Waals surface area contributed by atoms with Crippen LogP contribution in [0.5, 0.6) is 0 Å². The van der Waals surface area contributed by atoms with Gasteiger partial charge in [0.05, 0.1) is 10.9 Å². The van der Waals surface area contributed by atoms with Gasteiger partial charge in [-0.1, -0.05) is 12.1 Å². The van der Waals surface area contributed by atoms with E-state index in [-0.39, 0.29) is 27.2 Å². The quantitative estimate of drug-likeness (QED) is 0.608. The molecule has 0 bridgehead atoms. The van der Waals surface area contributed by atoms with E-state index < -0.39 is 27.7 Å². The monoisotopic (exact) mass is 459 g/mol. The number of furan rings is 1. The van der Waals surface area contributed by atoms with Crippen LogP contribution in [0.15, 0.2) is 51.8 Å². The number of nitrogens with zero attached hydrogens (tertiary/aromatic N) is 2. The second-order valence-corrected chi connectivity index (χ2v) is 9.19. The van der Waals surface area contributed by atoms with Crippen molar-refractivity contribution in [3.63, 3.8) is 0 Å². The summed E-state index contributed by atoms with van der Waals surface area (Å²) >= 11 is 0. The van der Waals surface area contributed by atoms with Gasteiger partial charge < -0.3 is 14.2 Å². The summed E-state index contributed by atoms with van der Waals surface area (Å²) < 4.78 is 47.7. The zero-order chi connectivity index (χ0) is 23.0. The molecule has 3 aromatic rings. The van der Waals surface area contributed by atoms with E-state index in [1.807, 2.05) is 9.62 Å². The van der Waals surface area contributed by atoms with Gasteiger partial charge >= 0.3 is 5.91 Å². The van der Waals surface area contributed by atoms with Crippen LogP contribution in [0.4, 0.5) is 10.1 Å². The molecule has 0 atom stereocenters. The van der Waals surface area contributed by atoms with E-state index in [0.717, 1.165) is 25.6 Å². The number of fused-ring (bicyclic) bond motifs is 1. The molecule has 1 fully saturated rings. The van der Waals surface area contributed by atoms with Gasteiger partial charge in [0.2, 0.25) is 0 Å². The lowest BCUT2D eigenvalue weighted by Gasteiger charge is -2.33. The number of hydrogen-bond donors (Lipinski definition) is 1. The molecule has 1 N–H and O–H groups in total. The Morgan fingerprint density at radius 3 is 2.56 bits per heavy atom. The normalized spacial score (nSPS) is 13.7. The maximum Gasteiger partial charge on any atom is 0.300 e. The van der Waals surface area contributed by atoms with E-state index in [0.29, 0.717) is 12.2 Å². The number of nitrogens with one attached hydrogen (secondary N) is 1. The topological polar surface area (TPSA) is 99.9 Å². The molecule has 2 heterocycles. The van der Waals surface area contributed by atoms with Gasteiger partial charge in [-0.15, -0.1) is 0 Å². The van der Waals surface area contributed by atoms with E-state index in [1.54, 1.807) is 20.0 Å². The van der Waals surface area contributed by atoms with Crippen molar-refractivity contribution in [2.24, 2.45) is 0 Å². The van der Waals surface area contributed by atoms with E-state index in [9.17, 15) is 22.4 Å². The minimum atomic E-state index is -4.40. The first-order valence-electron chi connectivity index (χ1n) is 10.1. The number of rotatable bonds is 6. The number of halogens is 1. The number of hydrogen-bond acceptors (Lipinski definition) is 6. The molecule has 4 rings (SSSR count). The summed E-state index contributed by atoms with van der Waals surface area (Å²) in [6, 6.07) is 9.76. The van der Waals surface area contributed by atoms with Crippen LogP contribution in [0, 0.1) is 5.82 Å². The summed E-state index contributed by atoms with van der Waals surface area (Å²) in [5.74, 6) is -2.46. The summed E-state index contributed by atoms with van der Waals surface area (Å²) in [4.78, 5) is 28.2. The molecular formula is C22H22FN3O5S. The molecule has 1 aliphatic heterocycles. The number of carbonyl (C=O) groups is 2. The molecule has 8 nitrogen and oxygen atoms in total. The number of carbonyl (C=O) groups excluding carboxylic acids is 2. The minimum absolute atomic E-state index is 0.0630. The van der Waals surface area contributed by atoms with Crippen LogP contribution >= 0.6 is 0 Å². The molecule has 0 spiro atoms. The van der Waals surface area contributed by atoms with Crippen molar-refractivity contribution >= 4 is 38.5 Å². The molecule has 0 saturated carbocycles. The summed E-state index contributed by atoms with van der Waals surface area (Å²) in [6.45, 7) is 3.75. The molecule has 10 heteroatoms. The highest BCUT2D eigenvalue weighted by molar-refractivity contribution is 7.90. The zero-order valence-corrected chi connectivity index (χ0v) is 18.4. The van der Waals surface area contributed by atoms with Crippen LogP contribution < -0.4 is 9.62 Å². The summed E-state index contributed by atoms with van der Waals surface area (Å²) in [6.07, 6.45) is 1.02. The Hall–Kier alpha value is -3.40. The highest BCUT2D eigenvalue weighted by atomic mass is 32.2. The predicted molar refractivity (Wildman–Crippen MR) is 117 cm³/mol. The van der Waals surface area contributed by atoms with Gasteiger partial charge in [-0.05, 0) is 31.5 Å². The van der Waals surface area contributed by atoms with Crippen molar-refractivity contribution in [3.8, 4) is 0 Å². The van der Waals surface area contributed by atoms with Gasteiger partial charge in [0.15, 0.2) is 5.76 Å². The second kappa shape index (κ2) is 8.27. The molecule has 168 valence electrons. The molecule has 32 heavy (non-hydrogen) atoms. The van der Waals surface area contributed by atoms with Gasteiger partial charge in [-0.2, -0.15) is 0 Å².